The first-order valence-electron chi connectivity index (χ1n) is 5.81. The van der Waals surface area contributed by atoms with Crippen molar-refractivity contribution >= 4 is 5.91 Å². The summed E-state index contributed by atoms with van der Waals surface area (Å²) < 4.78 is 38.2. The Kier molecular flexibility index (Phi) is 4.56. The molecule has 0 aliphatic rings. The van der Waals surface area contributed by atoms with Crippen LogP contribution in [0.4, 0.5) is 13.2 Å². The maximum Gasteiger partial charge on any atom is 0.419 e. The van der Waals surface area contributed by atoms with E-state index in [2.05, 4.69) is 5.10 Å². The van der Waals surface area contributed by atoms with Crippen molar-refractivity contribution in [3.8, 4) is 0 Å². The maximum atomic E-state index is 12.3. The van der Waals surface area contributed by atoms with Gasteiger partial charge in [0.15, 0.2) is 0 Å². The number of carbonyl (C=O) groups excluding carboxylic acids is 1. The topological polar surface area (TPSA) is 86.9 Å². The Morgan fingerprint density at radius 1 is 1.42 bits per heavy atom. The van der Waals surface area contributed by atoms with Gasteiger partial charge in [-0.05, 0) is 26.2 Å². The van der Waals surface area contributed by atoms with Crippen LogP contribution in [-0.4, -0.2) is 21.2 Å². The number of carbonyl (C=O) groups is 1. The molecule has 1 unspecified atom stereocenters. The summed E-state index contributed by atoms with van der Waals surface area (Å²) in [5.41, 5.74) is 8.91. The van der Waals surface area contributed by atoms with E-state index in [-0.39, 0.29) is 0 Å². The lowest BCUT2D eigenvalue weighted by Gasteiger charge is -2.19. The molecule has 8 heteroatoms. The number of halogens is 3. The van der Waals surface area contributed by atoms with E-state index in [1.54, 1.807) is 0 Å². The minimum Gasteiger partial charge on any atom is -0.368 e. The molecule has 1 amide bonds. The fourth-order valence-electron chi connectivity index (χ4n) is 1.52. The molecule has 1 atom stereocenters. The van der Waals surface area contributed by atoms with Crippen LogP contribution in [0.25, 0.3) is 0 Å². The van der Waals surface area contributed by atoms with Crippen molar-refractivity contribution < 1.29 is 18.0 Å². The number of hydrogen-bond acceptors (Lipinski definition) is 3. The van der Waals surface area contributed by atoms with E-state index in [1.807, 2.05) is 0 Å². The molecule has 5 nitrogen and oxygen atoms in total. The lowest BCUT2D eigenvalue weighted by molar-refractivity contribution is -0.137. The fourth-order valence-corrected chi connectivity index (χ4v) is 1.52. The summed E-state index contributed by atoms with van der Waals surface area (Å²) in [6, 6.07) is 0. The van der Waals surface area contributed by atoms with Crippen molar-refractivity contribution in [3.63, 3.8) is 0 Å². The highest BCUT2D eigenvalue weighted by atomic mass is 19.4. The minimum atomic E-state index is -4.37. The lowest BCUT2D eigenvalue weighted by Crippen LogP contribution is -2.49. The number of aromatic nitrogens is 2. The number of nitrogens with two attached hydrogens (primary N) is 2. The Hall–Kier alpha value is -1.57. The molecular formula is C11H17F3N4O. The van der Waals surface area contributed by atoms with E-state index in [1.165, 1.54) is 11.6 Å². The van der Waals surface area contributed by atoms with Crippen LogP contribution in [0.5, 0.6) is 0 Å². The molecule has 0 fully saturated rings. The summed E-state index contributed by atoms with van der Waals surface area (Å²) in [4.78, 5) is 11.0. The molecular weight excluding hydrogens is 261 g/mol. The zero-order valence-corrected chi connectivity index (χ0v) is 10.6. The van der Waals surface area contributed by atoms with E-state index >= 15 is 0 Å². The van der Waals surface area contributed by atoms with Gasteiger partial charge in [0.1, 0.15) is 0 Å². The van der Waals surface area contributed by atoms with Crippen LogP contribution in [0.3, 0.4) is 0 Å². The van der Waals surface area contributed by atoms with Crippen molar-refractivity contribution in [3.05, 3.63) is 18.0 Å². The summed E-state index contributed by atoms with van der Waals surface area (Å²) in [5, 5.41) is 3.63. The molecule has 0 radical (unpaired) electrons. The predicted octanol–water partition coefficient (Wildman–Crippen LogP) is 1.27. The molecule has 0 aliphatic heterocycles. The zero-order valence-electron chi connectivity index (χ0n) is 10.6. The van der Waals surface area contributed by atoms with Gasteiger partial charge in [-0.3, -0.25) is 9.48 Å². The van der Waals surface area contributed by atoms with Gasteiger partial charge in [-0.15, -0.1) is 0 Å². The Morgan fingerprint density at radius 3 is 2.53 bits per heavy atom. The monoisotopic (exact) mass is 278 g/mol. The van der Waals surface area contributed by atoms with Gasteiger partial charge in [-0.25, -0.2) is 0 Å². The number of aryl methyl sites for hydroxylation is 1. The summed E-state index contributed by atoms with van der Waals surface area (Å²) in [5.74, 6) is -0.592. The molecule has 0 saturated heterocycles. The molecule has 1 heterocycles. The molecule has 19 heavy (non-hydrogen) atoms. The predicted molar refractivity (Wildman–Crippen MR) is 62.9 cm³/mol. The average molecular weight is 278 g/mol. The lowest BCUT2D eigenvalue weighted by atomic mass is 9.95. The van der Waals surface area contributed by atoms with Gasteiger partial charge >= 0.3 is 6.18 Å². The molecule has 0 aromatic carbocycles. The minimum absolute atomic E-state index is 0.338. The van der Waals surface area contributed by atoms with Crippen LogP contribution < -0.4 is 11.5 Å². The van der Waals surface area contributed by atoms with E-state index in [0.717, 1.165) is 12.4 Å². The molecule has 108 valence electrons. The standard InChI is InChI=1S/C11H17F3N4O/c1-10(16,9(15)19)4-2-3-5-18-7-8(6-17-18)11(12,13)14/h6-7H,2-5,16H2,1H3,(H2,15,19). The van der Waals surface area contributed by atoms with Gasteiger partial charge in [0.25, 0.3) is 0 Å². The van der Waals surface area contributed by atoms with Gasteiger partial charge in [-0.1, -0.05) is 0 Å². The number of nitrogens with zero attached hydrogens (tertiary/aromatic N) is 2. The average Bonchev–Trinajstić information content (AvgIpc) is 2.72. The molecule has 1 aromatic rings. The Morgan fingerprint density at radius 2 is 2.05 bits per heavy atom. The Balaban J connectivity index is 2.38. The molecule has 1 aromatic heterocycles. The van der Waals surface area contributed by atoms with Crippen molar-refractivity contribution in [2.45, 2.75) is 44.4 Å². The van der Waals surface area contributed by atoms with Crippen LogP contribution in [0.1, 0.15) is 31.7 Å². The van der Waals surface area contributed by atoms with Crippen LogP contribution in [0.2, 0.25) is 0 Å². The third kappa shape index (κ3) is 4.55. The second-order valence-electron chi connectivity index (χ2n) is 4.73. The second kappa shape index (κ2) is 5.60. The zero-order chi connectivity index (χ0) is 14.7. The van der Waals surface area contributed by atoms with Gasteiger partial charge in [0.2, 0.25) is 5.91 Å². The van der Waals surface area contributed by atoms with Crippen LogP contribution >= 0.6 is 0 Å². The first-order chi connectivity index (χ1) is 8.63. The SMILES string of the molecule is CC(N)(CCCCn1cc(C(F)(F)F)cn1)C(N)=O. The number of primary amides is 1. The van der Waals surface area contributed by atoms with Gasteiger partial charge in [-0.2, -0.15) is 18.3 Å². The number of amides is 1. The normalized spacial score (nSPS) is 15.2. The van der Waals surface area contributed by atoms with E-state index in [4.69, 9.17) is 11.5 Å². The summed E-state index contributed by atoms with van der Waals surface area (Å²) in [6.45, 7) is 1.87. The molecule has 1 rings (SSSR count). The molecule has 0 bridgehead atoms. The van der Waals surface area contributed by atoms with E-state index in [0.29, 0.717) is 25.8 Å². The van der Waals surface area contributed by atoms with Gasteiger partial charge in [0, 0.05) is 12.7 Å². The maximum absolute atomic E-state index is 12.3. The Labute approximate surface area is 108 Å². The summed E-state index contributed by atoms with van der Waals surface area (Å²) >= 11 is 0. The summed E-state index contributed by atoms with van der Waals surface area (Å²) in [7, 11) is 0. The summed E-state index contributed by atoms with van der Waals surface area (Å²) in [6.07, 6.45) is -1.10. The number of rotatable bonds is 6. The smallest absolute Gasteiger partial charge is 0.368 e. The second-order valence-corrected chi connectivity index (χ2v) is 4.73. The molecule has 0 saturated carbocycles. The largest absolute Gasteiger partial charge is 0.419 e. The number of alkyl halides is 3. The van der Waals surface area contributed by atoms with Crippen molar-refractivity contribution in [1.82, 2.24) is 9.78 Å². The molecule has 4 N–H and O–H groups in total. The third-order valence-electron chi connectivity index (χ3n) is 2.86. The quantitative estimate of drug-likeness (QED) is 0.768. The first-order valence-corrected chi connectivity index (χ1v) is 5.81. The number of hydrogen-bond donors (Lipinski definition) is 2. The highest BCUT2D eigenvalue weighted by Crippen LogP contribution is 2.28. The number of unbranched alkanes of at least 4 members (excludes halogenated alkanes) is 1. The molecule has 0 aliphatic carbocycles. The van der Waals surface area contributed by atoms with Crippen molar-refractivity contribution in [2.24, 2.45) is 11.5 Å². The third-order valence-corrected chi connectivity index (χ3v) is 2.86. The van der Waals surface area contributed by atoms with Crippen LogP contribution in [0.15, 0.2) is 12.4 Å². The van der Waals surface area contributed by atoms with Crippen LogP contribution in [0, 0.1) is 0 Å². The Bertz CT molecular complexity index is 439. The highest BCUT2D eigenvalue weighted by molar-refractivity contribution is 5.83. The van der Waals surface area contributed by atoms with Crippen molar-refractivity contribution in [2.75, 3.05) is 0 Å². The highest BCUT2D eigenvalue weighted by Gasteiger charge is 2.32. The molecule has 0 spiro atoms. The fraction of sp³-hybridized carbons (Fsp3) is 0.636. The van der Waals surface area contributed by atoms with E-state index < -0.39 is 23.2 Å². The van der Waals surface area contributed by atoms with Gasteiger partial charge < -0.3 is 11.5 Å². The van der Waals surface area contributed by atoms with Crippen LogP contribution in [-0.2, 0) is 17.5 Å². The first kappa shape index (κ1) is 15.5. The van der Waals surface area contributed by atoms with Gasteiger partial charge in [0.05, 0.1) is 17.3 Å². The van der Waals surface area contributed by atoms with E-state index in [9.17, 15) is 18.0 Å². The van der Waals surface area contributed by atoms with Crippen molar-refractivity contribution in [1.29, 1.82) is 0 Å².